The van der Waals surface area contributed by atoms with Crippen molar-refractivity contribution in [3.8, 4) is 0 Å². The van der Waals surface area contributed by atoms with Crippen molar-refractivity contribution in [3.63, 3.8) is 0 Å². The van der Waals surface area contributed by atoms with E-state index in [-0.39, 0.29) is 24.2 Å². The number of aliphatic hydroxyl groups excluding tert-OH is 1. The fourth-order valence-corrected chi connectivity index (χ4v) is 2.96. The minimum Gasteiger partial charge on any atom is -0.459 e. The van der Waals surface area contributed by atoms with Gasteiger partial charge >= 0.3 is 0 Å². The summed E-state index contributed by atoms with van der Waals surface area (Å²) in [6.07, 6.45) is 1.73. The molecule has 2 aromatic rings. The number of nitrogens with one attached hydrogen (secondary N) is 1. The first-order valence-electron chi connectivity index (χ1n) is 7.19. The third kappa shape index (κ3) is 2.65. The standard InChI is InChI=1S/C16H18FNO3/c1-9-12-7-10(17)5-6-14(12)21-15(9)8-18-16(20)11-3-2-4-13(11)19/h5-7,11,13,19H,2-4,8H2,1H3,(H,18,20). The first-order chi connectivity index (χ1) is 10.1. The number of benzene rings is 1. The zero-order valence-electron chi connectivity index (χ0n) is 11.9. The second-order valence-electron chi connectivity index (χ2n) is 5.61. The van der Waals surface area contributed by atoms with Crippen molar-refractivity contribution in [1.29, 1.82) is 0 Å². The highest BCUT2D eigenvalue weighted by Gasteiger charge is 2.31. The van der Waals surface area contributed by atoms with Crippen LogP contribution in [0.25, 0.3) is 11.0 Å². The van der Waals surface area contributed by atoms with E-state index < -0.39 is 6.10 Å². The number of rotatable bonds is 3. The van der Waals surface area contributed by atoms with E-state index in [1.807, 2.05) is 6.92 Å². The lowest BCUT2D eigenvalue weighted by atomic mass is 10.1. The summed E-state index contributed by atoms with van der Waals surface area (Å²) in [6.45, 7) is 2.10. The highest BCUT2D eigenvalue weighted by Crippen LogP contribution is 2.27. The second-order valence-corrected chi connectivity index (χ2v) is 5.61. The van der Waals surface area contributed by atoms with Crippen molar-refractivity contribution in [2.24, 2.45) is 5.92 Å². The fourth-order valence-electron chi connectivity index (χ4n) is 2.96. The molecule has 3 rings (SSSR count). The molecule has 0 saturated heterocycles. The molecule has 2 unspecified atom stereocenters. The smallest absolute Gasteiger partial charge is 0.226 e. The highest BCUT2D eigenvalue weighted by atomic mass is 19.1. The van der Waals surface area contributed by atoms with Gasteiger partial charge in [-0.1, -0.05) is 0 Å². The van der Waals surface area contributed by atoms with E-state index in [1.165, 1.54) is 12.1 Å². The lowest BCUT2D eigenvalue weighted by molar-refractivity contribution is -0.127. The molecule has 2 atom stereocenters. The summed E-state index contributed by atoms with van der Waals surface area (Å²) in [5, 5.41) is 13.3. The van der Waals surface area contributed by atoms with Crippen LogP contribution >= 0.6 is 0 Å². The number of halogens is 1. The summed E-state index contributed by atoms with van der Waals surface area (Å²) in [7, 11) is 0. The minimum atomic E-state index is -0.545. The largest absolute Gasteiger partial charge is 0.459 e. The Hall–Kier alpha value is -1.88. The van der Waals surface area contributed by atoms with Gasteiger partial charge in [0.1, 0.15) is 17.2 Å². The van der Waals surface area contributed by atoms with Crippen molar-refractivity contribution >= 4 is 16.9 Å². The maximum absolute atomic E-state index is 13.2. The lowest BCUT2D eigenvalue weighted by Gasteiger charge is -2.13. The molecule has 112 valence electrons. The zero-order valence-corrected chi connectivity index (χ0v) is 11.9. The molecule has 0 spiro atoms. The number of carbonyl (C=O) groups is 1. The monoisotopic (exact) mass is 291 g/mol. The molecule has 5 heteroatoms. The predicted octanol–water partition coefficient (Wildman–Crippen LogP) is 2.66. The van der Waals surface area contributed by atoms with Gasteiger partial charge in [-0.3, -0.25) is 4.79 Å². The van der Waals surface area contributed by atoms with Gasteiger partial charge in [-0.25, -0.2) is 4.39 Å². The average Bonchev–Trinajstić information content (AvgIpc) is 3.01. The number of furan rings is 1. The quantitative estimate of drug-likeness (QED) is 0.914. The van der Waals surface area contributed by atoms with Crippen LogP contribution in [-0.2, 0) is 11.3 Å². The molecule has 0 bridgehead atoms. The Labute approximate surface area is 121 Å². The molecule has 1 aromatic carbocycles. The molecule has 0 aliphatic heterocycles. The molecule has 1 heterocycles. The van der Waals surface area contributed by atoms with Gasteiger partial charge in [-0.15, -0.1) is 0 Å². The number of amides is 1. The van der Waals surface area contributed by atoms with Gasteiger partial charge in [0.25, 0.3) is 0 Å². The van der Waals surface area contributed by atoms with Crippen LogP contribution in [0.1, 0.15) is 30.6 Å². The Morgan fingerprint density at radius 3 is 3.00 bits per heavy atom. The Morgan fingerprint density at radius 2 is 2.29 bits per heavy atom. The molecule has 1 aliphatic rings. The van der Waals surface area contributed by atoms with Crippen LogP contribution in [0.5, 0.6) is 0 Å². The topological polar surface area (TPSA) is 62.5 Å². The molecule has 1 amide bonds. The van der Waals surface area contributed by atoms with Crippen molar-refractivity contribution in [1.82, 2.24) is 5.32 Å². The maximum Gasteiger partial charge on any atom is 0.226 e. The molecule has 4 nitrogen and oxygen atoms in total. The molecule has 0 radical (unpaired) electrons. The molecule has 1 aromatic heterocycles. The summed E-state index contributed by atoms with van der Waals surface area (Å²) in [5.41, 5.74) is 1.44. The SMILES string of the molecule is Cc1c(CNC(=O)C2CCCC2O)oc2ccc(F)cc12. The van der Waals surface area contributed by atoms with Gasteiger partial charge in [0.05, 0.1) is 18.6 Å². The second kappa shape index (κ2) is 5.48. The van der Waals surface area contributed by atoms with Crippen molar-refractivity contribution in [2.45, 2.75) is 38.8 Å². The molecule has 2 N–H and O–H groups in total. The summed E-state index contributed by atoms with van der Waals surface area (Å²) >= 11 is 0. The number of hydrogen-bond acceptors (Lipinski definition) is 3. The van der Waals surface area contributed by atoms with Crippen LogP contribution in [0.4, 0.5) is 4.39 Å². The van der Waals surface area contributed by atoms with E-state index >= 15 is 0 Å². The Bertz CT molecular complexity index is 679. The van der Waals surface area contributed by atoms with Gasteiger partial charge in [-0.2, -0.15) is 0 Å². The molecule has 1 fully saturated rings. The highest BCUT2D eigenvalue weighted by molar-refractivity contribution is 5.83. The number of aryl methyl sites for hydroxylation is 1. The Balaban J connectivity index is 1.73. The van der Waals surface area contributed by atoms with Gasteiger partial charge in [0.2, 0.25) is 5.91 Å². The van der Waals surface area contributed by atoms with Gasteiger partial charge < -0.3 is 14.8 Å². The first kappa shape index (κ1) is 14.1. The lowest BCUT2D eigenvalue weighted by Crippen LogP contribution is -2.34. The van der Waals surface area contributed by atoms with E-state index in [0.29, 0.717) is 17.8 Å². The predicted molar refractivity (Wildman–Crippen MR) is 76.1 cm³/mol. The summed E-state index contributed by atoms with van der Waals surface area (Å²) < 4.78 is 18.9. The van der Waals surface area contributed by atoms with E-state index in [4.69, 9.17) is 4.42 Å². The minimum absolute atomic E-state index is 0.147. The van der Waals surface area contributed by atoms with Gasteiger partial charge in [-0.05, 0) is 44.4 Å². The van der Waals surface area contributed by atoms with Crippen LogP contribution in [0, 0.1) is 18.7 Å². The first-order valence-corrected chi connectivity index (χ1v) is 7.19. The number of hydrogen-bond donors (Lipinski definition) is 2. The number of fused-ring (bicyclic) bond motifs is 1. The summed E-state index contributed by atoms with van der Waals surface area (Å²) in [5.74, 6) is -0.161. The van der Waals surface area contributed by atoms with Crippen molar-refractivity contribution in [3.05, 3.63) is 35.3 Å². The Kier molecular flexibility index (Phi) is 3.68. The van der Waals surface area contributed by atoms with Gasteiger partial charge in [0, 0.05) is 10.9 Å². The maximum atomic E-state index is 13.2. The average molecular weight is 291 g/mol. The molecule has 1 saturated carbocycles. The summed E-state index contributed by atoms with van der Waals surface area (Å²) in [6, 6.07) is 4.37. The van der Waals surface area contributed by atoms with E-state index in [1.54, 1.807) is 6.07 Å². The van der Waals surface area contributed by atoms with Crippen LogP contribution in [-0.4, -0.2) is 17.1 Å². The van der Waals surface area contributed by atoms with E-state index in [0.717, 1.165) is 23.8 Å². The number of carbonyl (C=O) groups excluding carboxylic acids is 1. The molecule has 1 aliphatic carbocycles. The third-order valence-electron chi connectivity index (χ3n) is 4.24. The molecule has 21 heavy (non-hydrogen) atoms. The normalized spacial score (nSPS) is 21.9. The number of aliphatic hydroxyl groups is 1. The van der Waals surface area contributed by atoms with Crippen LogP contribution < -0.4 is 5.32 Å². The molecular weight excluding hydrogens is 273 g/mol. The van der Waals surface area contributed by atoms with Crippen molar-refractivity contribution < 1.29 is 18.7 Å². The summed E-state index contributed by atoms with van der Waals surface area (Å²) in [4.78, 5) is 12.0. The van der Waals surface area contributed by atoms with Crippen molar-refractivity contribution in [2.75, 3.05) is 0 Å². The zero-order chi connectivity index (χ0) is 15.0. The third-order valence-corrected chi connectivity index (χ3v) is 4.24. The Morgan fingerprint density at radius 1 is 1.48 bits per heavy atom. The van der Waals surface area contributed by atoms with E-state index in [9.17, 15) is 14.3 Å². The fraction of sp³-hybridized carbons (Fsp3) is 0.438. The van der Waals surface area contributed by atoms with Crippen LogP contribution in [0.15, 0.2) is 22.6 Å². The van der Waals surface area contributed by atoms with E-state index in [2.05, 4.69) is 5.32 Å². The van der Waals surface area contributed by atoms with Gasteiger partial charge in [0.15, 0.2) is 0 Å². The van der Waals surface area contributed by atoms with Crippen LogP contribution in [0.3, 0.4) is 0 Å². The van der Waals surface area contributed by atoms with Crippen LogP contribution in [0.2, 0.25) is 0 Å². The molecular formula is C16H18FNO3.